The Balaban J connectivity index is 0.00000225. The average molecular weight is 364 g/mol. The number of halogens is 1. The number of anilines is 1. The highest BCUT2D eigenvalue weighted by atomic mass is 35.5. The molecule has 3 rings (SSSR count). The Morgan fingerprint density at radius 2 is 1.96 bits per heavy atom. The van der Waals surface area contributed by atoms with Crippen LogP contribution in [0.5, 0.6) is 0 Å². The fourth-order valence-electron chi connectivity index (χ4n) is 2.77. The van der Waals surface area contributed by atoms with Crippen molar-refractivity contribution in [3.8, 4) is 0 Å². The number of carbonyl (C=O) groups excluding carboxylic acids is 2. The van der Waals surface area contributed by atoms with Gasteiger partial charge in [0.05, 0.1) is 6.04 Å². The molecule has 0 bridgehead atoms. The summed E-state index contributed by atoms with van der Waals surface area (Å²) in [6.07, 6.45) is 4.03. The molecular weight excluding hydrogens is 342 g/mol. The largest absolute Gasteiger partial charge is 0.355 e. The molecule has 1 aromatic carbocycles. The van der Waals surface area contributed by atoms with Crippen molar-refractivity contribution >= 4 is 29.9 Å². The Bertz CT molecular complexity index is 723. The van der Waals surface area contributed by atoms with E-state index in [9.17, 15) is 9.59 Å². The highest BCUT2D eigenvalue weighted by Gasteiger charge is 2.17. The van der Waals surface area contributed by atoms with Crippen LogP contribution in [-0.4, -0.2) is 41.7 Å². The van der Waals surface area contributed by atoms with Gasteiger partial charge >= 0.3 is 0 Å². The van der Waals surface area contributed by atoms with Crippen molar-refractivity contribution in [3.05, 3.63) is 47.8 Å². The molecular formula is C17H22ClN5O2. The number of nitrogens with zero attached hydrogens (tertiary/aromatic N) is 2. The molecule has 0 spiro atoms. The molecule has 0 radical (unpaired) electrons. The lowest BCUT2D eigenvalue weighted by molar-refractivity contribution is 0.0962. The molecule has 1 aromatic heterocycles. The molecule has 3 N–H and O–H groups in total. The van der Waals surface area contributed by atoms with Crippen LogP contribution in [-0.2, 0) is 0 Å². The van der Waals surface area contributed by atoms with E-state index >= 15 is 0 Å². The third-order valence-corrected chi connectivity index (χ3v) is 4.12. The smallest absolute Gasteiger partial charge is 0.276 e. The molecule has 0 saturated carbocycles. The molecule has 2 heterocycles. The second-order valence-corrected chi connectivity index (χ2v) is 5.79. The van der Waals surface area contributed by atoms with Crippen LogP contribution in [0.25, 0.3) is 0 Å². The lowest BCUT2D eigenvalue weighted by Gasteiger charge is -2.22. The summed E-state index contributed by atoms with van der Waals surface area (Å²) in [5.74, 6) is -0.419. The Morgan fingerprint density at radius 1 is 1.20 bits per heavy atom. The summed E-state index contributed by atoms with van der Waals surface area (Å²) in [4.78, 5) is 23.8. The van der Waals surface area contributed by atoms with Gasteiger partial charge < -0.3 is 16.0 Å². The molecule has 0 aliphatic carbocycles. The van der Waals surface area contributed by atoms with Gasteiger partial charge in [-0.3, -0.25) is 14.3 Å². The SMILES string of the molecule is CNC(=O)c1ccc(NC(=O)c2ccn(C3CCCNC3)n2)cc1.Cl. The van der Waals surface area contributed by atoms with E-state index in [1.54, 1.807) is 37.4 Å². The zero-order valence-corrected chi connectivity index (χ0v) is 14.8. The summed E-state index contributed by atoms with van der Waals surface area (Å²) in [6, 6.07) is 8.76. The van der Waals surface area contributed by atoms with Crippen LogP contribution in [0.3, 0.4) is 0 Å². The van der Waals surface area contributed by atoms with Gasteiger partial charge in [-0.15, -0.1) is 12.4 Å². The molecule has 1 fully saturated rings. The third kappa shape index (κ3) is 4.58. The maximum absolute atomic E-state index is 12.3. The maximum atomic E-state index is 12.3. The number of hydrogen-bond donors (Lipinski definition) is 3. The van der Waals surface area contributed by atoms with E-state index in [-0.39, 0.29) is 24.2 Å². The number of rotatable bonds is 4. The van der Waals surface area contributed by atoms with Crippen molar-refractivity contribution in [3.63, 3.8) is 0 Å². The van der Waals surface area contributed by atoms with Crippen LogP contribution < -0.4 is 16.0 Å². The number of carbonyl (C=O) groups is 2. The van der Waals surface area contributed by atoms with Gasteiger partial charge in [0.1, 0.15) is 0 Å². The zero-order valence-electron chi connectivity index (χ0n) is 14.0. The number of amides is 2. The predicted molar refractivity (Wildman–Crippen MR) is 98.4 cm³/mol. The van der Waals surface area contributed by atoms with E-state index in [1.165, 1.54) is 0 Å². The lowest BCUT2D eigenvalue weighted by atomic mass is 10.1. The molecule has 1 atom stereocenters. The van der Waals surface area contributed by atoms with E-state index < -0.39 is 0 Å². The Morgan fingerprint density at radius 3 is 2.60 bits per heavy atom. The van der Waals surface area contributed by atoms with E-state index in [1.807, 2.05) is 10.9 Å². The summed E-state index contributed by atoms with van der Waals surface area (Å²) in [5, 5.41) is 13.1. The summed E-state index contributed by atoms with van der Waals surface area (Å²) < 4.78 is 1.86. The van der Waals surface area contributed by atoms with Crippen LogP contribution >= 0.6 is 12.4 Å². The van der Waals surface area contributed by atoms with Crippen molar-refractivity contribution < 1.29 is 9.59 Å². The third-order valence-electron chi connectivity index (χ3n) is 4.12. The average Bonchev–Trinajstić information content (AvgIpc) is 3.13. The maximum Gasteiger partial charge on any atom is 0.276 e. The van der Waals surface area contributed by atoms with Gasteiger partial charge in [-0.2, -0.15) is 5.10 Å². The molecule has 7 nitrogen and oxygen atoms in total. The fraction of sp³-hybridized carbons (Fsp3) is 0.353. The van der Waals surface area contributed by atoms with Crippen molar-refractivity contribution in [2.24, 2.45) is 0 Å². The minimum atomic E-state index is -0.259. The zero-order chi connectivity index (χ0) is 16.9. The molecule has 8 heteroatoms. The van der Waals surface area contributed by atoms with Gasteiger partial charge in [0, 0.05) is 31.0 Å². The normalized spacial score (nSPS) is 16.6. The van der Waals surface area contributed by atoms with Gasteiger partial charge in [-0.05, 0) is 49.7 Å². The molecule has 25 heavy (non-hydrogen) atoms. The first-order chi connectivity index (χ1) is 11.7. The lowest BCUT2D eigenvalue weighted by Crippen LogP contribution is -2.32. The number of piperidine rings is 1. The summed E-state index contributed by atoms with van der Waals surface area (Å²) >= 11 is 0. The minimum absolute atomic E-state index is 0. The van der Waals surface area contributed by atoms with Gasteiger partial charge in [0.25, 0.3) is 11.8 Å². The van der Waals surface area contributed by atoms with Gasteiger partial charge in [0.2, 0.25) is 0 Å². The summed E-state index contributed by atoms with van der Waals surface area (Å²) in [5.41, 5.74) is 1.56. The number of aromatic nitrogens is 2. The van der Waals surface area contributed by atoms with E-state index in [0.717, 1.165) is 25.9 Å². The Labute approximate surface area is 152 Å². The van der Waals surface area contributed by atoms with Crippen LogP contribution in [0, 0.1) is 0 Å². The summed E-state index contributed by atoms with van der Waals surface area (Å²) in [7, 11) is 1.58. The van der Waals surface area contributed by atoms with E-state index in [0.29, 0.717) is 23.0 Å². The Kier molecular flexibility index (Phi) is 6.55. The first-order valence-corrected chi connectivity index (χ1v) is 8.07. The Hall–Kier alpha value is -2.38. The minimum Gasteiger partial charge on any atom is -0.355 e. The molecule has 1 saturated heterocycles. The van der Waals surface area contributed by atoms with Crippen LogP contribution in [0.4, 0.5) is 5.69 Å². The number of hydrogen-bond acceptors (Lipinski definition) is 4. The molecule has 1 aliphatic heterocycles. The first kappa shape index (κ1) is 19.0. The van der Waals surface area contributed by atoms with Crippen LogP contribution in [0.2, 0.25) is 0 Å². The number of nitrogens with one attached hydrogen (secondary N) is 3. The van der Waals surface area contributed by atoms with Crippen molar-refractivity contribution in [1.29, 1.82) is 0 Å². The second-order valence-electron chi connectivity index (χ2n) is 5.79. The summed E-state index contributed by atoms with van der Waals surface area (Å²) in [6.45, 7) is 1.92. The van der Waals surface area contributed by atoms with Crippen molar-refractivity contribution in [1.82, 2.24) is 20.4 Å². The molecule has 2 amide bonds. The molecule has 2 aromatic rings. The second kappa shape index (κ2) is 8.64. The van der Waals surface area contributed by atoms with E-state index in [4.69, 9.17) is 0 Å². The van der Waals surface area contributed by atoms with Gasteiger partial charge in [-0.25, -0.2) is 0 Å². The molecule has 1 aliphatic rings. The molecule has 1 unspecified atom stereocenters. The molecule has 134 valence electrons. The topological polar surface area (TPSA) is 88.0 Å². The van der Waals surface area contributed by atoms with Crippen molar-refractivity contribution in [2.75, 3.05) is 25.5 Å². The monoisotopic (exact) mass is 363 g/mol. The van der Waals surface area contributed by atoms with Crippen molar-refractivity contribution in [2.45, 2.75) is 18.9 Å². The quantitative estimate of drug-likeness (QED) is 0.773. The number of benzene rings is 1. The van der Waals surface area contributed by atoms with Crippen LogP contribution in [0.15, 0.2) is 36.5 Å². The van der Waals surface area contributed by atoms with Crippen LogP contribution in [0.1, 0.15) is 39.7 Å². The van der Waals surface area contributed by atoms with Gasteiger partial charge in [-0.1, -0.05) is 0 Å². The fourth-order valence-corrected chi connectivity index (χ4v) is 2.77. The van der Waals surface area contributed by atoms with Gasteiger partial charge in [0.15, 0.2) is 5.69 Å². The predicted octanol–water partition coefficient (Wildman–Crippen LogP) is 1.84. The highest BCUT2D eigenvalue weighted by Crippen LogP contribution is 2.16. The first-order valence-electron chi connectivity index (χ1n) is 8.07. The standard InChI is InChI=1S/C17H21N5O2.ClH/c1-18-16(23)12-4-6-13(7-5-12)20-17(24)15-8-10-22(21-15)14-3-2-9-19-11-14;/h4-8,10,14,19H,2-3,9,11H2,1H3,(H,18,23)(H,20,24);1H. The highest BCUT2D eigenvalue weighted by molar-refractivity contribution is 6.03. The van der Waals surface area contributed by atoms with E-state index in [2.05, 4.69) is 21.0 Å².